The molecule has 1 aliphatic carbocycles. The minimum absolute atomic E-state index is 0.626. The van der Waals surface area contributed by atoms with Crippen molar-refractivity contribution in [3.05, 3.63) is 12.2 Å². The zero-order chi connectivity index (χ0) is 19.4. The first kappa shape index (κ1) is 21.3. The van der Waals surface area contributed by atoms with Crippen molar-refractivity contribution < 1.29 is 51.8 Å². The van der Waals surface area contributed by atoms with Gasteiger partial charge in [0.25, 0.3) is 0 Å². The first-order valence-corrected chi connectivity index (χ1v) is 9.13. The van der Waals surface area contributed by atoms with Gasteiger partial charge in [-0.05, 0) is 0 Å². The van der Waals surface area contributed by atoms with Crippen LogP contribution >= 0.6 is 20.2 Å². The SMILES string of the molecule is CC(C)I(OC(=O)C(F)(F)F)C1(F)C=CC(F)(F)C(F)(F)C1(F)F. The maximum absolute atomic E-state index is 14.6. The van der Waals surface area contributed by atoms with E-state index in [9.17, 15) is 48.7 Å². The molecule has 0 aromatic heterocycles. The van der Waals surface area contributed by atoms with Crippen molar-refractivity contribution in [1.29, 1.82) is 0 Å². The molecular weight excluding hydrogens is 481 g/mol. The molecule has 0 radical (unpaired) electrons. The number of carbonyl (C=O) groups is 1. The average Bonchev–Trinajstić information content (AvgIpc) is 2.38. The zero-order valence-electron chi connectivity index (χ0n) is 11.7. The van der Waals surface area contributed by atoms with E-state index in [2.05, 4.69) is 3.07 Å². The van der Waals surface area contributed by atoms with Gasteiger partial charge in [-0.3, -0.25) is 0 Å². The van der Waals surface area contributed by atoms with Gasteiger partial charge in [0.2, 0.25) is 0 Å². The summed E-state index contributed by atoms with van der Waals surface area (Å²) < 4.78 is 129. The molecule has 13 heteroatoms. The Morgan fingerprint density at radius 3 is 1.79 bits per heavy atom. The molecule has 1 atom stereocenters. The fourth-order valence-electron chi connectivity index (χ4n) is 1.60. The van der Waals surface area contributed by atoms with Crippen LogP contribution in [-0.2, 0) is 7.86 Å². The number of halogens is 11. The summed E-state index contributed by atoms with van der Waals surface area (Å²) in [6, 6.07) is 0. The standard InChI is InChI=1S/C11H9F10IO2/c1-5(2)22(24-6(23)9(15,16)17)8(14)4-3-7(12,13)10(18,19)11(8,20)21/h3-5H,1-2H3. The second-order valence-corrected chi connectivity index (χ2v) is 11.0. The topological polar surface area (TPSA) is 26.3 Å². The molecule has 0 spiro atoms. The average molecular weight is 490 g/mol. The molecule has 1 aliphatic rings. The molecule has 0 fully saturated rings. The summed E-state index contributed by atoms with van der Waals surface area (Å²) in [7, 11) is 0. The van der Waals surface area contributed by atoms with E-state index in [1.54, 1.807) is 0 Å². The summed E-state index contributed by atoms with van der Waals surface area (Å²) in [6.45, 7) is 1.70. The molecule has 0 bridgehead atoms. The Kier molecular flexibility index (Phi) is 5.23. The van der Waals surface area contributed by atoms with Crippen molar-refractivity contribution in [1.82, 2.24) is 0 Å². The van der Waals surface area contributed by atoms with Gasteiger partial charge in [0.05, 0.1) is 0 Å². The van der Waals surface area contributed by atoms with Crippen LogP contribution in [0.1, 0.15) is 13.8 Å². The van der Waals surface area contributed by atoms with Crippen molar-refractivity contribution in [3.63, 3.8) is 0 Å². The fourth-order valence-corrected chi connectivity index (χ4v) is 6.46. The Balaban J connectivity index is 3.45. The Hall–Kier alpha value is -0.760. The molecule has 0 aromatic carbocycles. The van der Waals surface area contributed by atoms with Gasteiger partial charge in [0.1, 0.15) is 0 Å². The number of allylic oxidation sites excluding steroid dienone is 2. The van der Waals surface area contributed by atoms with E-state index in [0.717, 1.165) is 13.8 Å². The van der Waals surface area contributed by atoms with Gasteiger partial charge in [0.15, 0.2) is 0 Å². The van der Waals surface area contributed by atoms with Crippen molar-refractivity contribution in [2.45, 2.75) is 45.4 Å². The molecule has 1 unspecified atom stereocenters. The third kappa shape index (κ3) is 3.07. The van der Waals surface area contributed by atoms with E-state index >= 15 is 0 Å². The van der Waals surface area contributed by atoms with Crippen LogP contribution in [0.4, 0.5) is 43.9 Å². The summed E-state index contributed by atoms with van der Waals surface area (Å²) in [5.74, 6) is -20.8. The number of hydrogen-bond donors (Lipinski definition) is 0. The Bertz CT molecular complexity index is 541. The zero-order valence-corrected chi connectivity index (χ0v) is 13.9. The molecule has 0 saturated heterocycles. The summed E-state index contributed by atoms with van der Waals surface area (Å²) in [5.41, 5.74) is 0. The van der Waals surface area contributed by atoms with Crippen LogP contribution in [0.5, 0.6) is 0 Å². The van der Waals surface area contributed by atoms with E-state index in [0.29, 0.717) is 0 Å². The predicted octanol–water partition coefficient (Wildman–Crippen LogP) is 5.06. The third-order valence-corrected chi connectivity index (χ3v) is 8.51. The molecule has 0 aliphatic heterocycles. The van der Waals surface area contributed by atoms with Gasteiger partial charge in [-0.1, -0.05) is 0 Å². The van der Waals surface area contributed by atoms with Crippen LogP contribution in [0.25, 0.3) is 0 Å². The van der Waals surface area contributed by atoms with Gasteiger partial charge >= 0.3 is 136 Å². The van der Waals surface area contributed by atoms with Crippen molar-refractivity contribution in [2.75, 3.05) is 0 Å². The van der Waals surface area contributed by atoms with Gasteiger partial charge in [-0.2, -0.15) is 0 Å². The molecular formula is C11H9F10IO2. The van der Waals surface area contributed by atoms with Crippen molar-refractivity contribution >= 4 is 26.2 Å². The van der Waals surface area contributed by atoms with Crippen molar-refractivity contribution in [2.24, 2.45) is 0 Å². The van der Waals surface area contributed by atoms with Crippen LogP contribution < -0.4 is 0 Å². The molecule has 0 aromatic rings. The molecule has 2 nitrogen and oxygen atoms in total. The van der Waals surface area contributed by atoms with Gasteiger partial charge < -0.3 is 0 Å². The van der Waals surface area contributed by atoms with Gasteiger partial charge in [-0.15, -0.1) is 0 Å². The van der Waals surface area contributed by atoms with Crippen LogP contribution in [0.2, 0.25) is 0 Å². The molecule has 24 heavy (non-hydrogen) atoms. The van der Waals surface area contributed by atoms with E-state index in [4.69, 9.17) is 0 Å². The van der Waals surface area contributed by atoms with E-state index in [-0.39, 0.29) is 0 Å². The van der Waals surface area contributed by atoms with Crippen LogP contribution in [0.15, 0.2) is 12.2 Å². The minimum atomic E-state index is -6.22. The summed E-state index contributed by atoms with van der Waals surface area (Å²) in [5, 5.41) is 0. The quantitative estimate of drug-likeness (QED) is 0.239. The monoisotopic (exact) mass is 490 g/mol. The first-order chi connectivity index (χ1) is 10.4. The van der Waals surface area contributed by atoms with Crippen LogP contribution in [0.3, 0.4) is 0 Å². The van der Waals surface area contributed by atoms with E-state index < -0.39 is 69.9 Å². The maximum atomic E-state index is 14.6. The Morgan fingerprint density at radius 2 is 1.42 bits per heavy atom. The van der Waals surface area contributed by atoms with Gasteiger partial charge in [-0.25, -0.2) is 0 Å². The molecule has 0 saturated carbocycles. The summed E-state index contributed by atoms with van der Waals surface area (Å²) in [6.07, 6.45) is -7.17. The van der Waals surface area contributed by atoms with Crippen LogP contribution in [-0.4, -0.2) is 37.5 Å². The first-order valence-electron chi connectivity index (χ1n) is 5.92. The Labute approximate surface area is 136 Å². The predicted molar refractivity (Wildman–Crippen MR) is 69.1 cm³/mol. The Morgan fingerprint density at radius 1 is 0.958 bits per heavy atom. The normalized spacial score (nSPS) is 28.6. The number of rotatable bonds is 3. The number of hydrogen-bond acceptors (Lipinski definition) is 2. The molecule has 0 amide bonds. The third-order valence-electron chi connectivity index (χ3n) is 2.79. The van der Waals surface area contributed by atoms with Crippen LogP contribution in [0, 0.1) is 0 Å². The molecule has 142 valence electrons. The number of alkyl halides is 12. The summed E-state index contributed by atoms with van der Waals surface area (Å²) >= 11 is -5.03. The molecule has 0 heterocycles. The molecule has 0 N–H and O–H groups in total. The fraction of sp³-hybridized carbons (Fsp3) is 0.727. The van der Waals surface area contributed by atoms with E-state index in [1.165, 1.54) is 0 Å². The second kappa shape index (κ2) is 5.90. The summed E-state index contributed by atoms with van der Waals surface area (Å²) in [4.78, 5) is 10.8. The van der Waals surface area contributed by atoms with Gasteiger partial charge in [0, 0.05) is 0 Å². The van der Waals surface area contributed by atoms with E-state index in [1.807, 2.05) is 0 Å². The number of carbonyl (C=O) groups excluding carboxylic acids is 1. The molecule has 1 rings (SSSR count). The second-order valence-electron chi connectivity index (χ2n) is 4.88. The van der Waals surface area contributed by atoms with Crippen molar-refractivity contribution in [3.8, 4) is 0 Å².